The second-order valence-corrected chi connectivity index (χ2v) is 3.83. The molecule has 0 aliphatic rings. The van der Waals surface area contributed by atoms with Crippen molar-refractivity contribution in [1.82, 2.24) is 9.97 Å². The van der Waals surface area contributed by atoms with Gasteiger partial charge in [0.1, 0.15) is 6.33 Å². The normalized spacial score (nSPS) is 12.2. The van der Waals surface area contributed by atoms with Crippen LogP contribution in [0.1, 0.15) is 33.1 Å². The minimum atomic E-state index is 0.350. The van der Waals surface area contributed by atoms with Crippen molar-refractivity contribution >= 4 is 11.6 Å². The van der Waals surface area contributed by atoms with E-state index in [1.165, 1.54) is 19.2 Å². The lowest BCUT2D eigenvalue weighted by molar-refractivity contribution is 0.414. The molecule has 16 heavy (non-hydrogen) atoms. The van der Waals surface area contributed by atoms with Crippen LogP contribution in [0.5, 0.6) is 5.75 Å². The lowest BCUT2D eigenvalue weighted by Crippen LogP contribution is -2.17. The SMILES string of the molecule is CCCCC(C)Nc1ncnc(N)c1OC. The average molecular weight is 224 g/mol. The third-order valence-electron chi connectivity index (χ3n) is 2.41. The Morgan fingerprint density at radius 1 is 1.50 bits per heavy atom. The number of methoxy groups -OCH3 is 1. The summed E-state index contributed by atoms with van der Waals surface area (Å²) in [6.07, 6.45) is 4.92. The van der Waals surface area contributed by atoms with Gasteiger partial charge in [-0.3, -0.25) is 0 Å². The Labute approximate surface area is 96.4 Å². The molecular formula is C11H20N4O. The summed E-state index contributed by atoms with van der Waals surface area (Å²) in [6, 6.07) is 0.350. The number of nitrogens with two attached hydrogens (primary N) is 1. The fourth-order valence-corrected chi connectivity index (χ4v) is 1.51. The van der Waals surface area contributed by atoms with E-state index in [0.29, 0.717) is 23.4 Å². The fraction of sp³-hybridized carbons (Fsp3) is 0.636. The van der Waals surface area contributed by atoms with Gasteiger partial charge in [-0.25, -0.2) is 9.97 Å². The number of ether oxygens (including phenoxy) is 1. The van der Waals surface area contributed by atoms with Crippen LogP contribution in [-0.4, -0.2) is 23.1 Å². The molecule has 0 bridgehead atoms. The Hall–Kier alpha value is -1.52. The Morgan fingerprint density at radius 3 is 2.88 bits per heavy atom. The Bertz CT molecular complexity index is 330. The van der Waals surface area contributed by atoms with E-state index in [2.05, 4.69) is 29.1 Å². The highest BCUT2D eigenvalue weighted by molar-refractivity contribution is 5.61. The van der Waals surface area contributed by atoms with Gasteiger partial charge < -0.3 is 15.8 Å². The summed E-state index contributed by atoms with van der Waals surface area (Å²) in [4.78, 5) is 8.01. The van der Waals surface area contributed by atoms with E-state index in [9.17, 15) is 0 Å². The minimum Gasteiger partial charge on any atom is -0.490 e. The van der Waals surface area contributed by atoms with Gasteiger partial charge in [0.25, 0.3) is 0 Å². The number of anilines is 2. The number of hydrogen-bond acceptors (Lipinski definition) is 5. The number of nitrogen functional groups attached to an aromatic ring is 1. The molecule has 0 aliphatic carbocycles. The molecule has 1 aromatic rings. The van der Waals surface area contributed by atoms with Crippen molar-refractivity contribution in [3.63, 3.8) is 0 Å². The molecule has 5 heteroatoms. The van der Waals surface area contributed by atoms with E-state index >= 15 is 0 Å². The van der Waals surface area contributed by atoms with Crippen LogP contribution in [0.4, 0.5) is 11.6 Å². The highest BCUT2D eigenvalue weighted by Crippen LogP contribution is 2.27. The molecule has 1 aromatic heterocycles. The van der Waals surface area contributed by atoms with Gasteiger partial charge in [0.2, 0.25) is 5.75 Å². The molecule has 1 atom stereocenters. The number of unbranched alkanes of at least 4 members (excludes halogenated alkanes) is 1. The van der Waals surface area contributed by atoms with Crippen molar-refractivity contribution in [1.29, 1.82) is 0 Å². The molecule has 0 amide bonds. The number of aromatic nitrogens is 2. The van der Waals surface area contributed by atoms with Gasteiger partial charge in [-0.15, -0.1) is 0 Å². The van der Waals surface area contributed by atoms with Gasteiger partial charge in [0.15, 0.2) is 11.6 Å². The fourth-order valence-electron chi connectivity index (χ4n) is 1.51. The first-order valence-corrected chi connectivity index (χ1v) is 5.60. The summed E-state index contributed by atoms with van der Waals surface area (Å²) < 4.78 is 5.17. The van der Waals surface area contributed by atoms with E-state index in [1.54, 1.807) is 7.11 Å². The Balaban J connectivity index is 2.69. The van der Waals surface area contributed by atoms with Crippen molar-refractivity contribution < 1.29 is 4.74 Å². The molecule has 1 rings (SSSR count). The van der Waals surface area contributed by atoms with Crippen LogP contribution in [0.15, 0.2) is 6.33 Å². The highest BCUT2D eigenvalue weighted by atomic mass is 16.5. The van der Waals surface area contributed by atoms with Crippen molar-refractivity contribution in [2.45, 2.75) is 39.2 Å². The standard InChI is InChI=1S/C11H20N4O/c1-4-5-6-8(2)15-11-9(16-3)10(12)13-7-14-11/h7-8H,4-6H2,1-3H3,(H3,12,13,14,15). The van der Waals surface area contributed by atoms with Crippen LogP contribution < -0.4 is 15.8 Å². The zero-order valence-corrected chi connectivity index (χ0v) is 10.2. The molecule has 5 nitrogen and oxygen atoms in total. The lowest BCUT2D eigenvalue weighted by atomic mass is 10.1. The molecule has 0 aliphatic heterocycles. The lowest BCUT2D eigenvalue weighted by Gasteiger charge is -2.16. The quantitative estimate of drug-likeness (QED) is 0.773. The van der Waals surface area contributed by atoms with E-state index in [4.69, 9.17) is 10.5 Å². The zero-order valence-electron chi connectivity index (χ0n) is 10.2. The van der Waals surface area contributed by atoms with E-state index in [-0.39, 0.29) is 0 Å². The summed E-state index contributed by atoms with van der Waals surface area (Å²) >= 11 is 0. The van der Waals surface area contributed by atoms with E-state index < -0.39 is 0 Å². The van der Waals surface area contributed by atoms with Crippen LogP contribution in [0.2, 0.25) is 0 Å². The van der Waals surface area contributed by atoms with Gasteiger partial charge in [0, 0.05) is 6.04 Å². The van der Waals surface area contributed by atoms with Gasteiger partial charge in [-0.05, 0) is 13.3 Å². The first-order chi connectivity index (χ1) is 7.69. The molecule has 90 valence electrons. The largest absolute Gasteiger partial charge is 0.490 e. The van der Waals surface area contributed by atoms with Crippen molar-refractivity contribution in [2.75, 3.05) is 18.2 Å². The van der Waals surface area contributed by atoms with Crippen molar-refractivity contribution in [3.05, 3.63) is 6.33 Å². The average Bonchev–Trinajstić information content (AvgIpc) is 2.27. The predicted octanol–water partition coefficient (Wildman–Crippen LogP) is 2.06. The maximum atomic E-state index is 5.69. The third-order valence-corrected chi connectivity index (χ3v) is 2.41. The monoisotopic (exact) mass is 224 g/mol. The number of nitrogens with zero attached hydrogens (tertiary/aromatic N) is 2. The third kappa shape index (κ3) is 3.25. The van der Waals surface area contributed by atoms with Crippen LogP contribution in [-0.2, 0) is 0 Å². The molecule has 0 saturated heterocycles. The van der Waals surface area contributed by atoms with Crippen molar-refractivity contribution in [3.8, 4) is 5.75 Å². The van der Waals surface area contributed by atoms with Crippen LogP contribution in [0.25, 0.3) is 0 Å². The maximum Gasteiger partial charge on any atom is 0.203 e. The number of rotatable bonds is 6. The molecule has 3 N–H and O–H groups in total. The molecule has 0 fully saturated rings. The minimum absolute atomic E-state index is 0.350. The Kier molecular flexibility index (Phi) is 4.82. The Morgan fingerprint density at radius 2 is 2.25 bits per heavy atom. The number of hydrogen-bond donors (Lipinski definition) is 2. The van der Waals surface area contributed by atoms with Gasteiger partial charge >= 0.3 is 0 Å². The molecule has 1 unspecified atom stereocenters. The highest BCUT2D eigenvalue weighted by Gasteiger charge is 2.11. The zero-order chi connectivity index (χ0) is 12.0. The molecular weight excluding hydrogens is 204 g/mol. The van der Waals surface area contributed by atoms with Gasteiger partial charge in [0.05, 0.1) is 7.11 Å². The van der Waals surface area contributed by atoms with Crippen LogP contribution in [0.3, 0.4) is 0 Å². The molecule has 0 aromatic carbocycles. The summed E-state index contributed by atoms with van der Waals surface area (Å²) in [5.41, 5.74) is 5.69. The second kappa shape index (κ2) is 6.15. The molecule has 1 heterocycles. The van der Waals surface area contributed by atoms with E-state index in [1.807, 2.05) is 0 Å². The molecule has 0 spiro atoms. The first-order valence-electron chi connectivity index (χ1n) is 5.60. The van der Waals surface area contributed by atoms with Gasteiger partial charge in [-0.2, -0.15) is 0 Å². The number of nitrogens with one attached hydrogen (secondary N) is 1. The summed E-state index contributed by atoms with van der Waals surface area (Å²) in [7, 11) is 1.57. The smallest absolute Gasteiger partial charge is 0.203 e. The van der Waals surface area contributed by atoms with Crippen LogP contribution in [0, 0.1) is 0 Å². The second-order valence-electron chi connectivity index (χ2n) is 3.83. The van der Waals surface area contributed by atoms with Crippen molar-refractivity contribution in [2.24, 2.45) is 0 Å². The predicted molar refractivity (Wildman–Crippen MR) is 65.6 cm³/mol. The van der Waals surface area contributed by atoms with Crippen LogP contribution >= 0.6 is 0 Å². The van der Waals surface area contributed by atoms with E-state index in [0.717, 1.165) is 6.42 Å². The maximum absolute atomic E-state index is 5.69. The van der Waals surface area contributed by atoms with Gasteiger partial charge in [-0.1, -0.05) is 19.8 Å². The summed E-state index contributed by atoms with van der Waals surface area (Å²) in [6.45, 7) is 4.30. The molecule has 0 radical (unpaired) electrons. The first kappa shape index (κ1) is 12.5. The topological polar surface area (TPSA) is 73.1 Å². The summed E-state index contributed by atoms with van der Waals surface area (Å²) in [5.74, 6) is 1.55. The summed E-state index contributed by atoms with van der Waals surface area (Å²) in [5, 5.41) is 3.28. The molecule has 0 saturated carbocycles.